The molecule has 0 bridgehead atoms. The van der Waals surface area contributed by atoms with Crippen LogP contribution in [0.1, 0.15) is 54.1 Å². The molecule has 0 atom stereocenters. The minimum atomic E-state index is -4.52. The van der Waals surface area contributed by atoms with Gasteiger partial charge in [-0.2, -0.15) is 13.2 Å². The van der Waals surface area contributed by atoms with Crippen LogP contribution in [-0.4, -0.2) is 36.7 Å². The molecule has 2 aromatic rings. The van der Waals surface area contributed by atoms with Gasteiger partial charge in [0.05, 0.1) is 18.7 Å². The molecule has 1 saturated carbocycles. The predicted octanol–water partition coefficient (Wildman–Crippen LogP) is 4.92. The lowest BCUT2D eigenvalue weighted by Gasteiger charge is -2.30. The number of halogens is 5. The summed E-state index contributed by atoms with van der Waals surface area (Å²) in [6.45, 7) is 1.78. The molecule has 0 radical (unpaired) electrons. The fourth-order valence-electron chi connectivity index (χ4n) is 3.87. The van der Waals surface area contributed by atoms with Crippen LogP contribution >= 0.6 is 0 Å². The van der Waals surface area contributed by atoms with Crippen LogP contribution in [0.4, 0.5) is 26.7 Å². The highest BCUT2D eigenvalue weighted by Crippen LogP contribution is 2.29. The average Bonchev–Trinajstić information content (AvgIpc) is 2.85. The van der Waals surface area contributed by atoms with Crippen molar-refractivity contribution >= 4 is 18.0 Å². The zero-order valence-electron chi connectivity index (χ0n) is 20.0. The number of nitrogens with one attached hydrogen (secondary N) is 3. The van der Waals surface area contributed by atoms with E-state index < -0.39 is 35.4 Å². The van der Waals surface area contributed by atoms with E-state index in [2.05, 4.69) is 20.9 Å². The highest BCUT2D eigenvalue weighted by Gasteiger charge is 2.30. The van der Waals surface area contributed by atoms with Crippen LogP contribution in [0, 0.1) is 11.6 Å². The summed E-state index contributed by atoms with van der Waals surface area (Å²) in [6.07, 6.45) is -2.58. The van der Waals surface area contributed by atoms with Crippen molar-refractivity contribution in [2.45, 2.75) is 57.4 Å². The maximum Gasteiger partial charge on any atom is 0.416 e. The number of aliphatic imine (C=N–C) groups is 1. The summed E-state index contributed by atoms with van der Waals surface area (Å²) < 4.78 is 70.9. The molecule has 2 aromatic carbocycles. The van der Waals surface area contributed by atoms with Gasteiger partial charge < -0.3 is 15.4 Å². The lowest BCUT2D eigenvalue weighted by molar-refractivity contribution is -0.137. The molecule has 0 aromatic heterocycles. The van der Waals surface area contributed by atoms with Crippen molar-refractivity contribution in [3.8, 4) is 0 Å². The summed E-state index contributed by atoms with van der Waals surface area (Å²) in [6, 6.07) is 7.05. The number of alkyl halides is 3. The van der Waals surface area contributed by atoms with Gasteiger partial charge in [0, 0.05) is 17.6 Å². The Morgan fingerprint density at radius 3 is 2.27 bits per heavy atom. The van der Waals surface area contributed by atoms with Crippen molar-refractivity contribution in [2.75, 3.05) is 6.61 Å². The lowest BCUT2D eigenvalue weighted by Crippen LogP contribution is -2.49. The molecule has 3 N–H and O–H groups in total. The van der Waals surface area contributed by atoms with Crippen molar-refractivity contribution in [2.24, 2.45) is 4.99 Å². The number of nitrogens with zero attached hydrogens (tertiary/aromatic N) is 1. The second-order valence-corrected chi connectivity index (χ2v) is 8.50. The SMILES string of the molecule is CCOC(=O)NC1CCC(NC(=NCc2cccc(C(F)(F)F)c2)NC(=O)c2ccc(F)c(F)c2)CC1. The maximum absolute atomic E-state index is 13.6. The van der Waals surface area contributed by atoms with Gasteiger partial charge >= 0.3 is 12.3 Å². The summed E-state index contributed by atoms with van der Waals surface area (Å²) in [4.78, 5) is 28.6. The average molecular weight is 527 g/mol. The number of hydrogen-bond acceptors (Lipinski definition) is 4. The second kappa shape index (κ2) is 12.5. The van der Waals surface area contributed by atoms with Gasteiger partial charge in [-0.25, -0.2) is 18.6 Å². The Morgan fingerprint density at radius 1 is 0.973 bits per heavy atom. The van der Waals surface area contributed by atoms with Gasteiger partial charge in [0.2, 0.25) is 0 Å². The minimum absolute atomic E-state index is 0.0195. The predicted molar refractivity (Wildman–Crippen MR) is 126 cm³/mol. The summed E-state index contributed by atoms with van der Waals surface area (Å²) >= 11 is 0. The number of ether oxygens (including phenoxy) is 1. The van der Waals surface area contributed by atoms with Crippen LogP contribution in [0.25, 0.3) is 0 Å². The summed E-state index contributed by atoms with van der Waals surface area (Å²) in [5.41, 5.74) is -0.721. The molecule has 0 aliphatic heterocycles. The minimum Gasteiger partial charge on any atom is -0.450 e. The maximum atomic E-state index is 13.6. The molecule has 3 rings (SSSR count). The fourth-order valence-corrected chi connectivity index (χ4v) is 3.87. The van der Waals surface area contributed by atoms with E-state index in [9.17, 15) is 31.5 Å². The number of hydrogen-bond donors (Lipinski definition) is 3. The first-order valence-corrected chi connectivity index (χ1v) is 11.7. The molecule has 1 fully saturated rings. The van der Waals surface area contributed by atoms with E-state index in [1.807, 2.05) is 0 Å². The number of rotatable bonds is 6. The molecule has 1 aliphatic carbocycles. The van der Waals surface area contributed by atoms with Crippen LogP contribution < -0.4 is 16.0 Å². The Balaban J connectivity index is 1.72. The van der Waals surface area contributed by atoms with Gasteiger partial charge in [0.25, 0.3) is 5.91 Å². The largest absolute Gasteiger partial charge is 0.450 e. The smallest absolute Gasteiger partial charge is 0.416 e. The van der Waals surface area contributed by atoms with Crippen molar-refractivity contribution in [3.63, 3.8) is 0 Å². The Morgan fingerprint density at radius 2 is 1.65 bits per heavy atom. The fraction of sp³-hybridized carbons (Fsp3) is 0.400. The zero-order valence-corrected chi connectivity index (χ0v) is 20.0. The van der Waals surface area contributed by atoms with Gasteiger partial charge in [-0.3, -0.25) is 10.1 Å². The van der Waals surface area contributed by atoms with Crippen molar-refractivity contribution < 1.29 is 36.3 Å². The summed E-state index contributed by atoms with van der Waals surface area (Å²) in [5.74, 6) is -3.10. The van der Waals surface area contributed by atoms with E-state index >= 15 is 0 Å². The monoisotopic (exact) mass is 526 g/mol. The van der Waals surface area contributed by atoms with Crippen LogP contribution in [0.15, 0.2) is 47.5 Å². The normalized spacial score (nSPS) is 18.2. The third-order valence-corrected chi connectivity index (χ3v) is 5.75. The van der Waals surface area contributed by atoms with Crippen LogP contribution in [-0.2, 0) is 17.5 Å². The van der Waals surface area contributed by atoms with Crippen LogP contribution in [0.5, 0.6) is 0 Å². The quantitative estimate of drug-likeness (QED) is 0.283. The van der Waals surface area contributed by atoms with Crippen molar-refractivity contribution in [1.82, 2.24) is 16.0 Å². The molecule has 0 spiro atoms. The van der Waals surface area contributed by atoms with E-state index in [1.54, 1.807) is 6.92 Å². The topological polar surface area (TPSA) is 91.8 Å². The van der Waals surface area contributed by atoms with E-state index in [4.69, 9.17) is 4.74 Å². The molecule has 0 unspecified atom stereocenters. The van der Waals surface area contributed by atoms with E-state index in [0.29, 0.717) is 25.7 Å². The first-order chi connectivity index (χ1) is 17.5. The van der Waals surface area contributed by atoms with Gasteiger partial charge in [0.1, 0.15) is 0 Å². The number of alkyl carbamates (subject to hydrolysis) is 1. The van der Waals surface area contributed by atoms with Crippen LogP contribution in [0.3, 0.4) is 0 Å². The Kier molecular flexibility index (Phi) is 9.42. The van der Waals surface area contributed by atoms with Crippen molar-refractivity contribution in [1.29, 1.82) is 0 Å². The van der Waals surface area contributed by atoms with Gasteiger partial charge in [-0.1, -0.05) is 12.1 Å². The van der Waals surface area contributed by atoms with Crippen molar-refractivity contribution in [3.05, 3.63) is 70.8 Å². The van der Waals surface area contributed by atoms with E-state index in [1.165, 1.54) is 12.1 Å². The van der Waals surface area contributed by atoms with Gasteiger partial charge in [-0.15, -0.1) is 0 Å². The van der Waals surface area contributed by atoms with E-state index in [-0.39, 0.29) is 42.3 Å². The van der Waals surface area contributed by atoms with E-state index in [0.717, 1.165) is 30.3 Å². The second-order valence-electron chi connectivity index (χ2n) is 8.50. The third kappa shape index (κ3) is 8.43. The van der Waals surface area contributed by atoms with Crippen LogP contribution in [0.2, 0.25) is 0 Å². The number of benzene rings is 2. The first kappa shape index (κ1) is 27.9. The Labute approximate surface area is 210 Å². The number of carbonyl (C=O) groups excluding carboxylic acids is 2. The van der Waals surface area contributed by atoms with Gasteiger partial charge in [0.15, 0.2) is 17.6 Å². The highest BCUT2D eigenvalue weighted by molar-refractivity contribution is 6.05. The Bertz CT molecular complexity index is 1130. The molecule has 0 saturated heterocycles. The highest BCUT2D eigenvalue weighted by atomic mass is 19.4. The standard InChI is InChI=1S/C25H27F5N4O3/c1-2-37-24(36)33-19-9-7-18(8-10-19)32-23(34-22(35)16-6-11-20(26)21(27)13-16)31-14-15-4-3-5-17(12-15)25(28,29)30/h3-6,11-13,18-19H,2,7-10,14H2,1H3,(H,33,36)(H2,31,32,34,35). The number of guanidine groups is 1. The summed E-state index contributed by atoms with van der Waals surface area (Å²) in [7, 11) is 0. The molecule has 2 amide bonds. The zero-order chi connectivity index (χ0) is 27.0. The molecule has 0 heterocycles. The first-order valence-electron chi connectivity index (χ1n) is 11.7. The molecule has 1 aliphatic rings. The molecule has 7 nitrogen and oxygen atoms in total. The summed E-state index contributed by atoms with van der Waals surface area (Å²) in [5, 5.41) is 8.36. The molecule has 200 valence electrons. The lowest BCUT2D eigenvalue weighted by atomic mass is 9.91. The Hall–Kier alpha value is -3.70. The number of amides is 2. The third-order valence-electron chi connectivity index (χ3n) is 5.75. The molecular formula is C25H27F5N4O3. The molecule has 37 heavy (non-hydrogen) atoms. The van der Waals surface area contributed by atoms with Gasteiger partial charge in [-0.05, 0) is 68.5 Å². The molecule has 12 heteroatoms. The number of carbonyl (C=O) groups is 2. The molecular weight excluding hydrogens is 499 g/mol.